The lowest BCUT2D eigenvalue weighted by atomic mass is 9.89. The molecule has 0 saturated heterocycles. The third-order valence-corrected chi connectivity index (χ3v) is 11.3. The average Bonchev–Trinajstić information content (AvgIpc) is 3.75. The van der Waals surface area contributed by atoms with Crippen LogP contribution in [0.5, 0.6) is 0 Å². The Balaban J connectivity index is 0.996. The number of para-hydroxylation sites is 1. The van der Waals surface area contributed by atoms with Crippen LogP contribution in [-0.4, -0.2) is 4.98 Å². The van der Waals surface area contributed by atoms with E-state index in [4.69, 9.17) is 9.40 Å². The van der Waals surface area contributed by atoms with Crippen LogP contribution in [0.1, 0.15) is 0 Å². The number of aromatic nitrogens is 1. The molecular weight excluding hydrogens is 705 g/mol. The molecule has 3 heteroatoms. The van der Waals surface area contributed by atoms with Crippen LogP contribution in [0.3, 0.4) is 0 Å². The fraction of sp³-hybridized carbons (Fsp3) is 0. The molecule has 0 N–H and O–H groups in total. The lowest BCUT2D eigenvalue weighted by Gasteiger charge is -2.26. The molecule has 10 aromatic carbocycles. The van der Waals surface area contributed by atoms with Crippen LogP contribution in [0.15, 0.2) is 223 Å². The van der Waals surface area contributed by atoms with E-state index in [1.54, 1.807) is 0 Å². The maximum atomic E-state index is 6.56. The largest absolute Gasteiger partial charge is 0.435 e. The predicted octanol–water partition coefficient (Wildman–Crippen LogP) is 15.4. The Morgan fingerprint density at radius 2 is 0.983 bits per heavy atom. The lowest BCUT2D eigenvalue weighted by molar-refractivity contribution is 0.623. The smallest absolute Gasteiger partial charge is 0.227 e. The molecule has 11 rings (SSSR count). The number of anilines is 3. The van der Waals surface area contributed by atoms with Gasteiger partial charge >= 0.3 is 0 Å². The zero-order valence-corrected chi connectivity index (χ0v) is 31.6. The third kappa shape index (κ3) is 5.89. The Labute approximate surface area is 336 Å². The van der Waals surface area contributed by atoms with Crippen molar-refractivity contribution in [1.29, 1.82) is 0 Å². The summed E-state index contributed by atoms with van der Waals surface area (Å²) in [5.41, 5.74) is 13.0. The molecule has 58 heavy (non-hydrogen) atoms. The van der Waals surface area contributed by atoms with Gasteiger partial charge in [-0.05, 0) is 115 Å². The van der Waals surface area contributed by atoms with Crippen LogP contribution in [0.2, 0.25) is 0 Å². The fourth-order valence-corrected chi connectivity index (χ4v) is 8.50. The Bertz CT molecular complexity index is 3280. The van der Waals surface area contributed by atoms with Crippen LogP contribution in [0.4, 0.5) is 17.1 Å². The van der Waals surface area contributed by atoms with Crippen molar-refractivity contribution in [3.8, 4) is 44.8 Å². The number of hydrogen-bond acceptors (Lipinski definition) is 3. The van der Waals surface area contributed by atoms with E-state index in [9.17, 15) is 0 Å². The summed E-state index contributed by atoms with van der Waals surface area (Å²) in [5.74, 6) is 0.627. The minimum absolute atomic E-state index is 0.627. The van der Waals surface area contributed by atoms with E-state index in [0.717, 1.165) is 61.0 Å². The summed E-state index contributed by atoms with van der Waals surface area (Å²) in [6, 6.07) is 77.8. The number of rotatable bonds is 7. The Morgan fingerprint density at radius 1 is 0.345 bits per heavy atom. The molecule has 0 bridgehead atoms. The van der Waals surface area contributed by atoms with Crippen molar-refractivity contribution < 1.29 is 4.42 Å². The highest BCUT2D eigenvalue weighted by atomic mass is 16.3. The molecule has 0 aliphatic heterocycles. The summed E-state index contributed by atoms with van der Waals surface area (Å²) in [6.45, 7) is 0. The van der Waals surface area contributed by atoms with E-state index in [0.29, 0.717) is 5.89 Å². The number of hydrogen-bond donors (Lipinski definition) is 0. The van der Waals surface area contributed by atoms with Gasteiger partial charge in [-0.1, -0.05) is 164 Å². The molecule has 0 radical (unpaired) electrons. The summed E-state index contributed by atoms with van der Waals surface area (Å²) >= 11 is 0. The molecule has 0 amide bonds. The van der Waals surface area contributed by atoms with E-state index in [1.165, 1.54) is 38.4 Å². The van der Waals surface area contributed by atoms with Gasteiger partial charge in [-0.3, -0.25) is 0 Å². The van der Waals surface area contributed by atoms with Crippen LogP contribution in [-0.2, 0) is 0 Å². The normalized spacial score (nSPS) is 11.4. The fourth-order valence-electron chi connectivity index (χ4n) is 8.50. The van der Waals surface area contributed by atoms with E-state index in [1.807, 2.05) is 0 Å². The Kier molecular flexibility index (Phi) is 8.15. The van der Waals surface area contributed by atoms with Gasteiger partial charge in [0.05, 0.1) is 0 Å². The molecule has 1 aromatic heterocycles. The van der Waals surface area contributed by atoms with Gasteiger partial charge in [0.15, 0.2) is 5.58 Å². The first-order chi connectivity index (χ1) is 28.7. The first kappa shape index (κ1) is 33.6. The summed E-state index contributed by atoms with van der Waals surface area (Å²) < 4.78 is 6.56. The van der Waals surface area contributed by atoms with E-state index < -0.39 is 0 Å². The van der Waals surface area contributed by atoms with Gasteiger partial charge in [-0.15, -0.1) is 0 Å². The standard InChI is InChI=1S/C55H36N2O/c1-3-14-38(15-4-1)49-32-29-39-16-9-10-22-48(39)53(49)40-27-30-45(31-28-40)57(44-19-5-2-6-20-44)46-21-11-18-42(36-46)47-23-12-24-51-50(47)33-34-52-54(51)58-55(56-52)43-26-25-37-13-7-8-17-41(37)35-43/h1-36H. The molecule has 1 heterocycles. The van der Waals surface area contributed by atoms with Crippen molar-refractivity contribution in [1.82, 2.24) is 4.98 Å². The lowest BCUT2D eigenvalue weighted by Crippen LogP contribution is -2.09. The maximum absolute atomic E-state index is 6.56. The minimum Gasteiger partial charge on any atom is -0.435 e. The first-order valence-corrected chi connectivity index (χ1v) is 19.7. The highest BCUT2D eigenvalue weighted by Crippen LogP contribution is 2.42. The molecule has 0 aliphatic rings. The topological polar surface area (TPSA) is 29.3 Å². The minimum atomic E-state index is 0.627. The molecular formula is C55H36N2O. The quantitative estimate of drug-likeness (QED) is 0.163. The van der Waals surface area contributed by atoms with Gasteiger partial charge in [0, 0.05) is 28.0 Å². The summed E-state index contributed by atoms with van der Waals surface area (Å²) in [5, 5.41) is 6.99. The van der Waals surface area contributed by atoms with Gasteiger partial charge in [0.2, 0.25) is 5.89 Å². The van der Waals surface area contributed by atoms with E-state index in [2.05, 4.69) is 223 Å². The van der Waals surface area contributed by atoms with Gasteiger partial charge in [0.1, 0.15) is 5.52 Å². The zero-order chi connectivity index (χ0) is 38.4. The SMILES string of the molecule is c1ccc(-c2ccc3ccccc3c2-c2ccc(N(c3ccccc3)c3cccc(-c4cccc5c4ccc4nc(-c6ccc7ccccc7c6)oc45)c3)cc2)cc1. The van der Waals surface area contributed by atoms with Crippen LogP contribution in [0, 0.1) is 0 Å². The molecule has 272 valence electrons. The first-order valence-electron chi connectivity index (χ1n) is 19.7. The van der Waals surface area contributed by atoms with Gasteiger partial charge in [-0.2, -0.15) is 0 Å². The Hall–Kier alpha value is -7.75. The van der Waals surface area contributed by atoms with Crippen molar-refractivity contribution in [2.45, 2.75) is 0 Å². The van der Waals surface area contributed by atoms with E-state index in [-0.39, 0.29) is 0 Å². The van der Waals surface area contributed by atoms with Crippen molar-refractivity contribution in [3.05, 3.63) is 218 Å². The average molecular weight is 741 g/mol. The Morgan fingerprint density at radius 3 is 1.83 bits per heavy atom. The summed E-state index contributed by atoms with van der Waals surface area (Å²) in [7, 11) is 0. The molecule has 0 fully saturated rings. The van der Waals surface area contributed by atoms with Crippen LogP contribution < -0.4 is 4.90 Å². The predicted molar refractivity (Wildman–Crippen MR) is 243 cm³/mol. The molecule has 3 nitrogen and oxygen atoms in total. The van der Waals surface area contributed by atoms with Gasteiger partial charge < -0.3 is 9.32 Å². The summed E-state index contributed by atoms with van der Waals surface area (Å²) in [4.78, 5) is 7.27. The number of fused-ring (bicyclic) bond motifs is 5. The molecule has 0 unspecified atom stereocenters. The van der Waals surface area contributed by atoms with Crippen molar-refractivity contribution in [3.63, 3.8) is 0 Å². The highest BCUT2D eigenvalue weighted by molar-refractivity contribution is 6.09. The molecule has 0 aliphatic carbocycles. The van der Waals surface area contributed by atoms with Crippen LogP contribution in [0.25, 0.3) is 88.3 Å². The monoisotopic (exact) mass is 740 g/mol. The molecule has 11 aromatic rings. The van der Waals surface area contributed by atoms with Gasteiger partial charge in [-0.25, -0.2) is 4.98 Å². The summed E-state index contributed by atoms with van der Waals surface area (Å²) in [6.07, 6.45) is 0. The maximum Gasteiger partial charge on any atom is 0.227 e. The van der Waals surface area contributed by atoms with Crippen molar-refractivity contribution >= 4 is 60.5 Å². The van der Waals surface area contributed by atoms with E-state index >= 15 is 0 Å². The van der Waals surface area contributed by atoms with Crippen LogP contribution >= 0.6 is 0 Å². The highest BCUT2D eigenvalue weighted by Gasteiger charge is 2.18. The zero-order valence-electron chi connectivity index (χ0n) is 31.6. The third-order valence-electron chi connectivity index (χ3n) is 11.3. The number of nitrogens with zero attached hydrogens (tertiary/aromatic N) is 2. The molecule has 0 spiro atoms. The second kappa shape index (κ2) is 14.1. The number of benzene rings is 10. The van der Waals surface area contributed by atoms with Gasteiger partial charge in [0.25, 0.3) is 0 Å². The number of oxazole rings is 1. The van der Waals surface area contributed by atoms with Crippen molar-refractivity contribution in [2.75, 3.05) is 4.90 Å². The molecule has 0 atom stereocenters. The second-order valence-electron chi connectivity index (χ2n) is 14.7. The molecule has 0 saturated carbocycles. The second-order valence-corrected chi connectivity index (χ2v) is 14.7. The van der Waals surface area contributed by atoms with Crippen molar-refractivity contribution in [2.24, 2.45) is 0 Å².